The molecule has 0 aromatic carbocycles. The summed E-state index contributed by atoms with van der Waals surface area (Å²) in [5.74, 6) is 0. The predicted molar refractivity (Wildman–Crippen MR) is 54.3 cm³/mol. The van der Waals surface area contributed by atoms with Crippen molar-refractivity contribution in [1.82, 2.24) is 10.6 Å². The zero-order valence-electron chi connectivity index (χ0n) is 8.78. The summed E-state index contributed by atoms with van der Waals surface area (Å²) < 4.78 is 0. The molecular weight excluding hydrogens is 150 g/mol. The first-order chi connectivity index (χ1) is 5.48. The lowest BCUT2D eigenvalue weighted by Gasteiger charge is -2.27. The van der Waals surface area contributed by atoms with Crippen molar-refractivity contribution in [2.45, 2.75) is 39.3 Å². The number of hydrogen-bond donors (Lipinski definition) is 3. The maximum atomic E-state index is 5.41. The fourth-order valence-electron chi connectivity index (χ4n) is 0.932. The molecule has 0 amide bonds. The third-order valence-corrected chi connectivity index (χ3v) is 1.70. The Morgan fingerprint density at radius 3 is 2.33 bits per heavy atom. The van der Waals surface area contributed by atoms with E-state index >= 15 is 0 Å². The quantitative estimate of drug-likeness (QED) is 0.542. The van der Waals surface area contributed by atoms with Gasteiger partial charge >= 0.3 is 0 Å². The van der Waals surface area contributed by atoms with Crippen LogP contribution in [-0.4, -0.2) is 31.2 Å². The van der Waals surface area contributed by atoms with Crippen LogP contribution in [0.1, 0.15) is 27.7 Å². The molecule has 0 aliphatic rings. The first kappa shape index (κ1) is 11.9. The molecule has 0 heterocycles. The van der Waals surface area contributed by atoms with Crippen molar-refractivity contribution >= 4 is 0 Å². The smallest absolute Gasteiger partial charge is 0.0250 e. The minimum absolute atomic E-state index is 0.143. The van der Waals surface area contributed by atoms with Gasteiger partial charge in [0.2, 0.25) is 0 Å². The Labute approximate surface area is 76.1 Å². The van der Waals surface area contributed by atoms with Crippen LogP contribution in [0, 0.1) is 0 Å². The number of rotatable bonds is 6. The van der Waals surface area contributed by atoms with Gasteiger partial charge in [-0.3, -0.25) is 0 Å². The third-order valence-electron chi connectivity index (χ3n) is 1.70. The van der Waals surface area contributed by atoms with E-state index in [-0.39, 0.29) is 5.54 Å². The van der Waals surface area contributed by atoms with E-state index in [1.807, 2.05) is 0 Å². The molecule has 3 nitrogen and oxygen atoms in total. The molecule has 0 rings (SSSR count). The van der Waals surface area contributed by atoms with E-state index in [9.17, 15) is 0 Å². The minimum Gasteiger partial charge on any atom is -0.329 e. The molecule has 3 heteroatoms. The number of nitrogens with one attached hydrogen (secondary N) is 2. The lowest BCUT2D eigenvalue weighted by Crippen LogP contribution is -2.50. The van der Waals surface area contributed by atoms with E-state index in [0.717, 1.165) is 13.1 Å². The van der Waals surface area contributed by atoms with Crippen LogP contribution in [0.25, 0.3) is 0 Å². The summed E-state index contributed by atoms with van der Waals surface area (Å²) in [5, 5.41) is 6.77. The molecule has 0 atom stereocenters. The van der Waals surface area contributed by atoms with Gasteiger partial charge in [-0.1, -0.05) is 13.8 Å². The molecule has 0 saturated heterocycles. The molecular formula is C9H23N3. The second-order valence-electron chi connectivity index (χ2n) is 4.13. The monoisotopic (exact) mass is 173 g/mol. The van der Waals surface area contributed by atoms with Crippen LogP contribution in [0.5, 0.6) is 0 Å². The van der Waals surface area contributed by atoms with Gasteiger partial charge in [0, 0.05) is 31.2 Å². The highest BCUT2D eigenvalue weighted by Gasteiger charge is 2.15. The molecule has 0 spiro atoms. The number of hydrogen-bond acceptors (Lipinski definition) is 3. The molecule has 0 unspecified atom stereocenters. The van der Waals surface area contributed by atoms with Crippen LogP contribution in [0.2, 0.25) is 0 Å². The van der Waals surface area contributed by atoms with Crippen LogP contribution in [0.15, 0.2) is 0 Å². The van der Waals surface area contributed by atoms with Crippen LogP contribution >= 0.6 is 0 Å². The molecule has 0 aliphatic carbocycles. The van der Waals surface area contributed by atoms with E-state index in [4.69, 9.17) is 5.73 Å². The van der Waals surface area contributed by atoms with Gasteiger partial charge in [-0.25, -0.2) is 0 Å². The molecule has 0 saturated carbocycles. The van der Waals surface area contributed by atoms with Crippen molar-refractivity contribution in [2.75, 3.05) is 19.6 Å². The Hall–Kier alpha value is -0.120. The summed E-state index contributed by atoms with van der Waals surface area (Å²) in [6.45, 7) is 11.2. The average Bonchev–Trinajstić information content (AvgIpc) is 1.98. The Bertz CT molecular complexity index is 110. The summed E-state index contributed by atoms with van der Waals surface area (Å²) >= 11 is 0. The van der Waals surface area contributed by atoms with Crippen molar-refractivity contribution in [1.29, 1.82) is 0 Å². The molecule has 0 aromatic rings. The van der Waals surface area contributed by atoms with E-state index in [2.05, 4.69) is 38.3 Å². The van der Waals surface area contributed by atoms with Gasteiger partial charge in [0.1, 0.15) is 0 Å². The molecule has 12 heavy (non-hydrogen) atoms. The third kappa shape index (κ3) is 6.58. The summed E-state index contributed by atoms with van der Waals surface area (Å²) in [7, 11) is 0. The molecule has 0 bridgehead atoms. The largest absolute Gasteiger partial charge is 0.329 e. The van der Waals surface area contributed by atoms with Gasteiger partial charge < -0.3 is 16.4 Å². The van der Waals surface area contributed by atoms with E-state index in [0.29, 0.717) is 12.6 Å². The fourth-order valence-corrected chi connectivity index (χ4v) is 0.932. The van der Waals surface area contributed by atoms with Gasteiger partial charge in [0.25, 0.3) is 0 Å². The minimum atomic E-state index is 0.143. The lowest BCUT2D eigenvalue weighted by atomic mass is 10.1. The van der Waals surface area contributed by atoms with Gasteiger partial charge in [0.05, 0.1) is 0 Å². The first-order valence-corrected chi connectivity index (χ1v) is 4.66. The van der Waals surface area contributed by atoms with Crippen molar-refractivity contribution in [3.63, 3.8) is 0 Å². The van der Waals surface area contributed by atoms with Gasteiger partial charge in [-0.2, -0.15) is 0 Å². The number of nitrogens with two attached hydrogens (primary N) is 1. The maximum Gasteiger partial charge on any atom is 0.0250 e. The summed E-state index contributed by atoms with van der Waals surface area (Å²) in [6, 6.07) is 0.545. The molecule has 4 N–H and O–H groups in total. The summed E-state index contributed by atoms with van der Waals surface area (Å²) in [4.78, 5) is 0. The van der Waals surface area contributed by atoms with E-state index < -0.39 is 0 Å². The summed E-state index contributed by atoms with van der Waals surface area (Å²) in [6.07, 6.45) is 0. The van der Waals surface area contributed by atoms with Gasteiger partial charge in [-0.15, -0.1) is 0 Å². The summed E-state index contributed by atoms with van der Waals surface area (Å²) in [5.41, 5.74) is 5.55. The molecule has 0 radical (unpaired) electrons. The molecule has 74 valence electrons. The van der Waals surface area contributed by atoms with Crippen molar-refractivity contribution < 1.29 is 0 Å². The predicted octanol–water partition coefficient (Wildman–Crippen LogP) is 0.311. The Balaban J connectivity index is 3.56. The fraction of sp³-hybridized carbons (Fsp3) is 1.00. The van der Waals surface area contributed by atoms with Crippen LogP contribution in [0.4, 0.5) is 0 Å². The molecule has 0 aliphatic heterocycles. The normalized spacial score (nSPS) is 12.5. The Morgan fingerprint density at radius 1 is 1.33 bits per heavy atom. The Morgan fingerprint density at radius 2 is 1.92 bits per heavy atom. The second-order valence-corrected chi connectivity index (χ2v) is 4.13. The topological polar surface area (TPSA) is 50.1 Å². The zero-order chi connectivity index (χ0) is 9.61. The molecule has 0 aromatic heterocycles. The van der Waals surface area contributed by atoms with Gasteiger partial charge in [-0.05, 0) is 13.8 Å². The average molecular weight is 173 g/mol. The standard InChI is InChI=1S/C9H23N3/c1-8(2)11-7-9(3,4)12-6-5-10/h8,11-12H,5-7,10H2,1-4H3. The van der Waals surface area contributed by atoms with Crippen molar-refractivity contribution in [3.05, 3.63) is 0 Å². The highest BCUT2D eigenvalue weighted by Crippen LogP contribution is 1.99. The SMILES string of the molecule is CC(C)NCC(C)(C)NCCN. The second kappa shape index (κ2) is 5.51. The van der Waals surface area contributed by atoms with Gasteiger partial charge in [0.15, 0.2) is 0 Å². The zero-order valence-corrected chi connectivity index (χ0v) is 8.78. The van der Waals surface area contributed by atoms with Crippen LogP contribution < -0.4 is 16.4 Å². The van der Waals surface area contributed by atoms with Crippen molar-refractivity contribution in [2.24, 2.45) is 5.73 Å². The van der Waals surface area contributed by atoms with Crippen molar-refractivity contribution in [3.8, 4) is 0 Å². The van der Waals surface area contributed by atoms with Crippen LogP contribution in [0.3, 0.4) is 0 Å². The first-order valence-electron chi connectivity index (χ1n) is 4.66. The Kier molecular flexibility index (Phi) is 5.46. The molecule has 0 fully saturated rings. The highest BCUT2D eigenvalue weighted by molar-refractivity contribution is 4.80. The highest BCUT2D eigenvalue weighted by atomic mass is 15.0. The van der Waals surface area contributed by atoms with E-state index in [1.165, 1.54) is 0 Å². The van der Waals surface area contributed by atoms with E-state index in [1.54, 1.807) is 0 Å². The lowest BCUT2D eigenvalue weighted by molar-refractivity contribution is 0.357. The maximum absolute atomic E-state index is 5.41. The van der Waals surface area contributed by atoms with Crippen LogP contribution in [-0.2, 0) is 0 Å².